The van der Waals surface area contributed by atoms with Crippen LogP contribution in [0.2, 0.25) is 0 Å². The highest BCUT2D eigenvalue weighted by Crippen LogP contribution is 2.27. The summed E-state index contributed by atoms with van der Waals surface area (Å²) in [7, 11) is 1.63. The van der Waals surface area contributed by atoms with E-state index < -0.39 is 0 Å². The molecule has 118 valence electrons. The number of anilines is 1. The Morgan fingerprint density at radius 2 is 2.17 bits per heavy atom. The number of hydrogen-bond donors (Lipinski definition) is 2. The number of thiazole rings is 1. The lowest BCUT2D eigenvalue weighted by atomic mass is 10.2. The van der Waals surface area contributed by atoms with Gasteiger partial charge in [0.15, 0.2) is 5.13 Å². The number of methoxy groups -OCH3 is 1. The number of urea groups is 1. The molecule has 0 saturated carbocycles. The number of benzene rings is 1. The highest BCUT2D eigenvalue weighted by molar-refractivity contribution is 7.14. The van der Waals surface area contributed by atoms with Crippen LogP contribution in [-0.2, 0) is 6.54 Å². The van der Waals surface area contributed by atoms with Gasteiger partial charge in [0.2, 0.25) is 0 Å². The summed E-state index contributed by atoms with van der Waals surface area (Å²) >= 11 is 3.00. The minimum atomic E-state index is -0.259. The SMILES string of the molecule is COc1cccc(-c2csc(NC(=O)NCc3cccs3)n2)c1. The number of thiophene rings is 1. The van der Waals surface area contributed by atoms with Gasteiger partial charge in [0.25, 0.3) is 0 Å². The average molecular weight is 345 g/mol. The fourth-order valence-electron chi connectivity index (χ4n) is 1.97. The van der Waals surface area contributed by atoms with Crippen LogP contribution in [0, 0.1) is 0 Å². The molecule has 0 bridgehead atoms. The maximum atomic E-state index is 11.9. The van der Waals surface area contributed by atoms with Crippen molar-refractivity contribution in [3.8, 4) is 17.0 Å². The molecular formula is C16H15N3O2S2. The van der Waals surface area contributed by atoms with E-state index in [0.717, 1.165) is 21.9 Å². The van der Waals surface area contributed by atoms with Gasteiger partial charge in [-0.15, -0.1) is 22.7 Å². The lowest BCUT2D eigenvalue weighted by Gasteiger charge is -2.04. The van der Waals surface area contributed by atoms with Gasteiger partial charge in [0.05, 0.1) is 19.3 Å². The first-order valence-corrected chi connectivity index (χ1v) is 8.68. The van der Waals surface area contributed by atoms with E-state index in [2.05, 4.69) is 15.6 Å². The molecule has 0 fully saturated rings. The number of rotatable bonds is 5. The van der Waals surface area contributed by atoms with Crippen LogP contribution in [-0.4, -0.2) is 18.1 Å². The first-order chi connectivity index (χ1) is 11.2. The van der Waals surface area contributed by atoms with Gasteiger partial charge in [-0.3, -0.25) is 5.32 Å². The molecule has 0 radical (unpaired) electrons. The highest BCUT2D eigenvalue weighted by atomic mass is 32.1. The van der Waals surface area contributed by atoms with Crippen molar-refractivity contribution in [1.82, 2.24) is 10.3 Å². The smallest absolute Gasteiger partial charge is 0.321 e. The van der Waals surface area contributed by atoms with Crippen molar-refractivity contribution in [2.75, 3.05) is 12.4 Å². The summed E-state index contributed by atoms with van der Waals surface area (Å²) < 4.78 is 5.21. The van der Waals surface area contributed by atoms with Crippen molar-refractivity contribution >= 4 is 33.8 Å². The third-order valence-electron chi connectivity index (χ3n) is 3.09. The summed E-state index contributed by atoms with van der Waals surface area (Å²) in [5.74, 6) is 0.777. The molecular weight excluding hydrogens is 330 g/mol. The first kappa shape index (κ1) is 15.5. The third kappa shape index (κ3) is 4.08. The van der Waals surface area contributed by atoms with E-state index in [1.54, 1.807) is 18.4 Å². The molecule has 0 aliphatic rings. The largest absolute Gasteiger partial charge is 0.497 e. The maximum Gasteiger partial charge on any atom is 0.321 e. The number of amides is 2. The van der Waals surface area contributed by atoms with Crippen LogP contribution in [0.3, 0.4) is 0 Å². The van der Waals surface area contributed by atoms with E-state index in [4.69, 9.17) is 4.74 Å². The summed E-state index contributed by atoms with van der Waals surface area (Å²) in [5, 5.41) is 10.0. The van der Waals surface area contributed by atoms with Crippen LogP contribution in [0.5, 0.6) is 5.75 Å². The topological polar surface area (TPSA) is 63.2 Å². The molecule has 0 unspecified atom stereocenters. The van der Waals surface area contributed by atoms with E-state index in [1.165, 1.54) is 11.3 Å². The molecule has 0 saturated heterocycles. The van der Waals surface area contributed by atoms with Crippen LogP contribution < -0.4 is 15.4 Å². The van der Waals surface area contributed by atoms with E-state index in [9.17, 15) is 4.79 Å². The number of carbonyl (C=O) groups excluding carboxylic acids is 1. The Labute approximate surface area is 142 Å². The molecule has 0 aliphatic carbocycles. The Bertz CT molecular complexity index is 784. The van der Waals surface area contributed by atoms with Crippen LogP contribution in [0.15, 0.2) is 47.2 Å². The van der Waals surface area contributed by atoms with Gasteiger partial charge in [-0.2, -0.15) is 0 Å². The highest BCUT2D eigenvalue weighted by Gasteiger charge is 2.08. The third-order valence-corrected chi connectivity index (χ3v) is 4.73. The number of aromatic nitrogens is 1. The Kier molecular flexibility index (Phi) is 4.89. The Morgan fingerprint density at radius 1 is 1.26 bits per heavy atom. The average Bonchev–Trinajstić information content (AvgIpc) is 3.25. The number of nitrogens with one attached hydrogen (secondary N) is 2. The van der Waals surface area contributed by atoms with Crippen molar-refractivity contribution in [2.45, 2.75) is 6.54 Å². The van der Waals surface area contributed by atoms with Crippen molar-refractivity contribution < 1.29 is 9.53 Å². The van der Waals surface area contributed by atoms with Gasteiger partial charge in [-0.05, 0) is 23.6 Å². The van der Waals surface area contributed by atoms with Gasteiger partial charge in [-0.25, -0.2) is 9.78 Å². The lowest BCUT2D eigenvalue weighted by molar-refractivity contribution is 0.252. The van der Waals surface area contributed by atoms with E-state index in [0.29, 0.717) is 11.7 Å². The fraction of sp³-hybridized carbons (Fsp3) is 0.125. The number of ether oxygens (including phenoxy) is 1. The molecule has 0 aliphatic heterocycles. The van der Waals surface area contributed by atoms with E-state index >= 15 is 0 Å². The summed E-state index contributed by atoms with van der Waals surface area (Å²) in [5.41, 5.74) is 1.76. The normalized spacial score (nSPS) is 10.3. The van der Waals surface area contributed by atoms with Crippen LogP contribution in [0.1, 0.15) is 4.88 Å². The molecule has 23 heavy (non-hydrogen) atoms. The first-order valence-electron chi connectivity index (χ1n) is 6.92. The van der Waals surface area contributed by atoms with Gasteiger partial charge in [0.1, 0.15) is 5.75 Å². The predicted molar refractivity (Wildman–Crippen MR) is 94.3 cm³/mol. The zero-order valence-corrected chi connectivity index (χ0v) is 14.0. The maximum absolute atomic E-state index is 11.9. The molecule has 3 aromatic rings. The van der Waals surface area contributed by atoms with Gasteiger partial charge < -0.3 is 10.1 Å². The Morgan fingerprint density at radius 3 is 2.96 bits per heavy atom. The monoisotopic (exact) mass is 345 g/mol. The number of carbonyl (C=O) groups is 1. The second-order valence-corrected chi connectivity index (χ2v) is 6.55. The lowest BCUT2D eigenvalue weighted by Crippen LogP contribution is -2.27. The van der Waals surface area contributed by atoms with Crippen molar-refractivity contribution in [3.05, 3.63) is 52.0 Å². The minimum absolute atomic E-state index is 0.259. The molecule has 2 amide bonds. The molecule has 2 aromatic heterocycles. The van der Waals surface area contributed by atoms with Gasteiger partial charge >= 0.3 is 6.03 Å². The van der Waals surface area contributed by atoms with Crippen molar-refractivity contribution in [2.24, 2.45) is 0 Å². The van der Waals surface area contributed by atoms with Crippen LogP contribution >= 0.6 is 22.7 Å². The number of nitrogens with zero attached hydrogens (tertiary/aromatic N) is 1. The summed E-state index contributed by atoms with van der Waals surface area (Å²) in [6, 6.07) is 11.3. The molecule has 0 spiro atoms. The second-order valence-electron chi connectivity index (χ2n) is 4.66. The van der Waals surface area contributed by atoms with Crippen molar-refractivity contribution in [3.63, 3.8) is 0 Å². The molecule has 7 heteroatoms. The van der Waals surface area contributed by atoms with E-state index in [1.807, 2.05) is 47.2 Å². The van der Waals surface area contributed by atoms with Crippen LogP contribution in [0.4, 0.5) is 9.93 Å². The Hall–Kier alpha value is -2.38. The predicted octanol–water partition coefficient (Wildman–Crippen LogP) is 4.20. The molecule has 2 heterocycles. The molecule has 0 atom stereocenters. The van der Waals surface area contributed by atoms with Gasteiger partial charge in [-0.1, -0.05) is 18.2 Å². The quantitative estimate of drug-likeness (QED) is 0.728. The number of hydrogen-bond acceptors (Lipinski definition) is 5. The molecule has 5 nitrogen and oxygen atoms in total. The molecule has 2 N–H and O–H groups in total. The standard InChI is InChI=1S/C16H15N3O2S2/c1-21-12-5-2-4-11(8-12)14-10-23-16(18-14)19-15(20)17-9-13-6-3-7-22-13/h2-8,10H,9H2,1H3,(H2,17,18,19,20). The second kappa shape index (κ2) is 7.26. The van der Waals surface area contributed by atoms with Crippen LogP contribution in [0.25, 0.3) is 11.3 Å². The molecule has 1 aromatic carbocycles. The summed E-state index contributed by atoms with van der Waals surface area (Å²) in [6.45, 7) is 0.512. The van der Waals surface area contributed by atoms with E-state index in [-0.39, 0.29) is 6.03 Å². The fourth-order valence-corrected chi connectivity index (χ4v) is 3.33. The summed E-state index contributed by atoms with van der Waals surface area (Å²) in [6.07, 6.45) is 0. The zero-order valence-electron chi connectivity index (χ0n) is 12.4. The Balaban J connectivity index is 1.61. The van der Waals surface area contributed by atoms with Gasteiger partial charge in [0, 0.05) is 15.8 Å². The molecule has 3 rings (SSSR count). The van der Waals surface area contributed by atoms with Crippen molar-refractivity contribution in [1.29, 1.82) is 0 Å². The minimum Gasteiger partial charge on any atom is -0.497 e. The zero-order chi connectivity index (χ0) is 16.1. The summed E-state index contributed by atoms with van der Waals surface area (Å²) in [4.78, 5) is 17.4.